The van der Waals surface area contributed by atoms with Crippen LogP contribution in [0.5, 0.6) is 0 Å². The summed E-state index contributed by atoms with van der Waals surface area (Å²) in [5.74, 6) is 0.000443. The predicted molar refractivity (Wildman–Crippen MR) is 155 cm³/mol. The van der Waals surface area contributed by atoms with E-state index in [4.69, 9.17) is 16.3 Å². The van der Waals surface area contributed by atoms with Gasteiger partial charge in [0.15, 0.2) is 0 Å². The van der Waals surface area contributed by atoms with Crippen LogP contribution in [0.25, 0.3) is 0 Å². The SMILES string of the molecule is CSCCC(NC(=O)OC(C)(C)C)C(=O)N(C1CC1)C(C(=O)Nc1c(C)cccc1Cl)c1ccc(C)cc1. The van der Waals surface area contributed by atoms with E-state index in [2.05, 4.69) is 10.6 Å². The minimum absolute atomic E-state index is 0.107. The number of nitrogens with one attached hydrogen (secondary N) is 2. The second kappa shape index (κ2) is 12.9. The molecule has 2 atom stereocenters. The van der Waals surface area contributed by atoms with Gasteiger partial charge in [0.1, 0.15) is 17.7 Å². The van der Waals surface area contributed by atoms with Gasteiger partial charge in [0.2, 0.25) is 5.91 Å². The normalized spacial score (nSPS) is 14.8. The Morgan fingerprint density at radius 2 is 1.76 bits per heavy atom. The average molecular weight is 560 g/mol. The van der Waals surface area contributed by atoms with Gasteiger partial charge in [-0.05, 0) is 83.1 Å². The Morgan fingerprint density at radius 1 is 1.11 bits per heavy atom. The number of hydrogen-bond acceptors (Lipinski definition) is 5. The summed E-state index contributed by atoms with van der Waals surface area (Å²) in [5.41, 5.74) is 2.37. The maximum Gasteiger partial charge on any atom is 0.408 e. The van der Waals surface area contributed by atoms with Crippen LogP contribution in [0.15, 0.2) is 42.5 Å². The third kappa shape index (κ3) is 8.14. The summed E-state index contributed by atoms with van der Waals surface area (Å²) in [7, 11) is 0. The van der Waals surface area contributed by atoms with Crippen LogP contribution in [0.3, 0.4) is 0 Å². The van der Waals surface area contributed by atoms with Crippen molar-refractivity contribution in [2.75, 3.05) is 17.3 Å². The number of nitrogens with zero attached hydrogens (tertiary/aromatic N) is 1. The number of carbonyl (C=O) groups excluding carboxylic acids is 3. The summed E-state index contributed by atoms with van der Waals surface area (Å²) in [4.78, 5) is 42.4. The Balaban J connectivity index is 1.99. The van der Waals surface area contributed by atoms with Crippen molar-refractivity contribution in [1.29, 1.82) is 0 Å². The lowest BCUT2D eigenvalue weighted by Crippen LogP contribution is -2.53. The number of halogens is 1. The molecule has 2 N–H and O–H groups in total. The fourth-order valence-electron chi connectivity index (χ4n) is 4.16. The van der Waals surface area contributed by atoms with Gasteiger partial charge < -0.3 is 20.3 Å². The van der Waals surface area contributed by atoms with Crippen molar-refractivity contribution in [2.45, 2.75) is 77.6 Å². The van der Waals surface area contributed by atoms with Crippen LogP contribution in [0.1, 0.15) is 62.8 Å². The fraction of sp³-hybridized carbons (Fsp3) is 0.483. The number of amides is 3. The van der Waals surface area contributed by atoms with Gasteiger partial charge in [0.05, 0.1) is 10.7 Å². The van der Waals surface area contributed by atoms with E-state index in [1.807, 2.05) is 56.5 Å². The molecule has 1 aliphatic rings. The molecule has 0 radical (unpaired) electrons. The molecule has 0 aromatic heterocycles. The fourth-order valence-corrected chi connectivity index (χ4v) is 4.90. The number of para-hydroxylation sites is 1. The van der Waals surface area contributed by atoms with Gasteiger partial charge in [-0.2, -0.15) is 11.8 Å². The molecular formula is C29H38ClN3O4S. The van der Waals surface area contributed by atoms with E-state index < -0.39 is 23.8 Å². The molecule has 3 rings (SSSR count). The van der Waals surface area contributed by atoms with E-state index in [0.717, 1.165) is 24.0 Å². The molecule has 0 saturated heterocycles. The van der Waals surface area contributed by atoms with E-state index in [9.17, 15) is 14.4 Å². The zero-order chi connectivity index (χ0) is 28.0. The largest absolute Gasteiger partial charge is 0.444 e. The molecule has 2 aromatic carbocycles. The Kier molecular flexibility index (Phi) is 10.1. The smallest absolute Gasteiger partial charge is 0.408 e. The number of rotatable bonds is 10. The van der Waals surface area contributed by atoms with Crippen LogP contribution in [0, 0.1) is 13.8 Å². The molecular weight excluding hydrogens is 522 g/mol. The lowest BCUT2D eigenvalue weighted by atomic mass is 10.0. The zero-order valence-corrected chi connectivity index (χ0v) is 24.5. The Morgan fingerprint density at radius 3 is 2.32 bits per heavy atom. The van der Waals surface area contributed by atoms with Gasteiger partial charge in [-0.1, -0.05) is 53.6 Å². The zero-order valence-electron chi connectivity index (χ0n) is 23.0. The second-order valence-electron chi connectivity index (χ2n) is 10.7. The molecule has 0 aliphatic heterocycles. The molecule has 38 heavy (non-hydrogen) atoms. The predicted octanol–water partition coefficient (Wildman–Crippen LogP) is 6.27. The van der Waals surface area contributed by atoms with E-state index in [1.54, 1.807) is 43.5 Å². The molecule has 7 nitrogen and oxygen atoms in total. The first-order valence-electron chi connectivity index (χ1n) is 12.8. The molecule has 0 spiro atoms. The summed E-state index contributed by atoms with van der Waals surface area (Å²) in [6.45, 7) is 9.16. The van der Waals surface area contributed by atoms with Crippen LogP contribution in [0.2, 0.25) is 5.02 Å². The van der Waals surface area contributed by atoms with Crippen molar-refractivity contribution in [3.63, 3.8) is 0 Å². The molecule has 0 bridgehead atoms. The molecule has 3 amide bonds. The van der Waals surface area contributed by atoms with Gasteiger partial charge in [-0.3, -0.25) is 9.59 Å². The van der Waals surface area contributed by atoms with Gasteiger partial charge >= 0.3 is 6.09 Å². The van der Waals surface area contributed by atoms with Crippen molar-refractivity contribution in [2.24, 2.45) is 0 Å². The Labute approximate surface area is 235 Å². The van der Waals surface area contributed by atoms with Crippen LogP contribution in [-0.2, 0) is 14.3 Å². The van der Waals surface area contributed by atoms with Crippen molar-refractivity contribution in [3.8, 4) is 0 Å². The number of anilines is 1. The van der Waals surface area contributed by atoms with Crippen LogP contribution < -0.4 is 10.6 Å². The second-order valence-corrected chi connectivity index (χ2v) is 12.1. The van der Waals surface area contributed by atoms with Gasteiger partial charge in [-0.15, -0.1) is 0 Å². The van der Waals surface area contributed by atoms with E-state index in [-0.39, 0.29) is 17.9 Å². The van der Waals surface area contributed by atoms with Crippen molar-refractivity contribution in [3.05, 3.63) is 64.2 Å². The highest BCUT2D eigenvalue weighted by Gasteiger charge is 2.44. The quantitative estimate of drug-likeness (QED) is 0.358. The van der Waals surface area contributed by atoms with E-state index in [0.29, 0.717) is 28.4 Å². The summed E-state index contributed by atoms with van der Waals surface area (Å²) < 4.78 is 5.44. The van der Waals surface area contributed by atoms with Crippen molar-refractivity contribution in [1.82, 2.24) is 10.2 Å². The van der Waals surface area contributed by atoms with Gasteiger partial charge in [-0.25, -0.2) is 4.79 Å². The monoisotopic (exact) mass is 559 g/mol. The highest BCUT2D eigenvalue weighted by molar-refractivity contribution is 7.98. The standard InChI is InChI=1S/C29H38ClN3O4S/c1-18-10-12-20(13-11-18)25(26(34)32-24-19(2)8-7-9-22(24)30)33(21-14-15-21)27(35)23(16-17-38-6)31-28(36)37-29(3,4)5/h7-13,21,23,25H,14-17H2,1-6H3,(H,31,36)(H,32,34). The van der Waals surface area contributed by atoms with Gasteiger partial charge in [0.25, 0.3) is 5.91 Å². The summed E-state index contributed by atoms with van der Waals surface area (Å²) in [6, 6.07) is 11.2. The first-order chi connectivity index (χ1) is 17.9. The first kappa shape index (κ1) is 29.8. The average Bonchev–Trinajstić information content (AvgIpc) is 3.67. The summed E-state index contributed by atoms with van der Waals surface area (Å²) in [6.07, 6.45) is 3.27. The number of ether oxygens (including phenoxy) is 1. The van der Waals surface area contributed by atoms with Crippen molar-refractivity contribution >= 4 is 47.0 Å². The number of aryl methyl sites for hydroxylation is 2. The maximum atomic E-state index is 14.1. The molecule has 9 heteroatoms. The molecule has 0 heterocycles. The number of hydrogen-bond donors (Lipinski definition) is 2. The van der Waals surface area contributed by atoms with Gasteiger partial charge in [0, 0.05) is 6.04 Å². The number of alkyl carbamates (subject to hydrolysis) is 1. The molecule has 1 aliphatic carbocycles. The highest BCUT2D eigenvalue weighted by atomic mass is 35.5. The Hall–Kier alpha value is -2.71. The number of benzene rings is 2. The van der Waals surface area contributed by atoms with E-state index >= 15 is 0 Å². The Bertz CT molecular complexity index is 1130. The van der Waals surface area contributed by atoms with Crippen molar-refractivity contribution < 1.29 is 19.1 Å². The minimum atomic E-state index is -0.900. The molecule has 2 aromatic rings. The summed E-state index contributed by atoms with van der Waals surface area (Å²) >= 11 is 8.00. The van der Waals surface area contributed by atoms with Crippen LogP contribution >= 0.6 is 23.4 Å². The molecule has 1 fully saturated rings. The van der Waals surface area contributed by atoms with Crippen LogP contribution in [0.4, 0.5) is 10.5 Å². The summed E-state index contributed by atoms with van der Waals surface area (Å²) in [5, 5.41) is 6.18. The molecule has 2 unspecified atom stereocenters. The topological polar surface area (TPSA) is 87.7 Å². The molecule has 1 saturated carbocycles. The maximum absolute atomic E-state index is 14.1. The number of thioether (sulfide) groups is 1. The third-order valence-electron chi connectivity index (χ3n) is 6.18. The first-order valence-corrected chi connectivity index (χ1v) is 14.6. The lowest BCUT2D eigenvalue weighted by molar-refractivity contribution is -0.141. The molecule has 206 valence electrons. The highest BCUT2D eigenvalue weighted by Crippen LogP contribution is 2.37. The minimum Gasteiger partial charge on any atom is -0.444 e. The number of carbonyl (C=O) groups is 3. The van der Waals surface area contributed by atoms with Crippen LogP contribution in [-0.4, -0.2) is 52.5 Å². The third-order valence-corrected chi connectivity index (χ3v) is 7.14. The lowest BCUT2D eigenvalue weighted by Gasteiger charge is -2.35. The van der Waals surface area contributed by atoms with E-state index in [1.165, 1.54) is 0 Å².